The first kappa shape index (κ1) is 16.4. The Morgan fingerprint density at radius 1 is 1.33 bits per heavy atom. The van der Waals surface area contributed by atoms with E-state index in [0.717, 1.165) is 0 Å². The van der Waals surface area contributed by atoms with E-state index in [9.17, 15) is 13.2 Å². The van der Waals surface area contributed by atoms with E-state index < -0.39 is 18.6 Å². The Kier molecular flexibility index (Phi) is 5.35. The monoisotopic (exact) mass is 322 g/mol. The highest BCUT2D eigenvalue weighted by atomic mass is 35.5. The average molecular weight is 323 g/mol. The first-order chi connectivity index (χ1) is 9.90. The van der Waals surface area contributed by atoms with Crippen molar-refractivity contribution in [2.75, 3.05) is 33.3 Å². The molecule has 3 nitrogen and oxygen atoms in total. The van der Waals surface area contributed by atoms with Crippen LogP contribution in [-0.4, -0.2) is 44.4 Å². The van der Waals surface area contributed by atoms with Crippen LogP contribution in [0.5, 0.6) is 5.75 Å². The summed E-state index contributed by atoms with van der Waals surface area (Å²) in [5, 5.41) is 3.55. The molecule has 0 amide bonds. The molecule has 1 aliphatic rings. The van der Waals surface area contributed by atoms with Gasteiger partial charge in [-0.15, -0.1) is 0 Å². The number of halogens is 4. The SMILES string of the molecule is COc1ccc(Cl)cc1[C@H](CC(F)(F)F)N1CCNCC1. The van der Waals surface area contributed by atoms with Gasteiger partial charge in [0.25, 0.3) is 0 Å². The second kappa shape index (κ2) is 6.85. The fraction of sp³-hybridized carbons (Fsp3) is 0.571. The molecule has 7 heteroatoms. The molecule has 0 aliphatic carbocycles. The van der Waals surface area contributed by atoms with E-state index in [1.54, 1.807) is 18.2 Å². The number of alkyl halides is 3. The largest absolute Gasteiger partial charge is 0.496 e. The van der Waals surface area contributed by atoms with Gasteiger partial charge in [0.05, 0.1) is 13.5 Å². The third-order valence-electron chi connectivity index (χ3n) is 3.57. The van der Waals surface area contributed by atoms with Crippen molar-refractivity contribution in [2.24, 2.45) is 0 Å². The number of nitrogens with one attached hydrogen (secondary N) is 1. The second-order valence-electron chi connectivity index (χ2n) is 5.01. The third kappa shape index (κ3) is 4.49. The molecule has 1 saturated heterocycles. The number of hydrogen-bond donors (Lipinski definition) is 1. The summed E-state index contributed by atoms with van der Waals surface area (Å²) in [6, 6.07) is 4.02. The lowest BCUT2D eigenvalue weighted by Gasteiger charge is -2.36. The van der Waals surface area contributed by atoms with Gasteiger partial charge in [-0.3, -0.25) is 4.90 Å². The average Bonchev–Trinajstić information content (AvgIpc) is 2.45. The maximum absolute atomic E-state index is 13.0. The highest BCUT2D eigenvalue weighted by Gasteiger charge is 2.37. The lowest BCUT2D eigenvalue weighted by Crippen LogP contribution is -2.46. The topological polar surface area (TPSA) is 24.5 Å². The molecule has 2 rings (SSSR count). The highest BCUT2D eigenvalue weighted by molar-refractivity contribution is 6.30. The fourth-order valence-electron chi connectivity index (χ4n) is 2.61. The summed E-state index contributed by atoms with van der Waals surface area (Å²) >= 11 is 5.96. The van der Waals surface area contributed by atoms with Crippen LogP contribution in [0.2, 0.25) is 5.02 Å². The first-order valence-corrected chi connectivity index (χ1v) is 7.13. The van der Waals surface area contributed by atoms with E-state index in [4.69, 9.17) is 16.3 Å². The second-order valence-corrected chi connectivity index (χ2v) is 5.44. The molecule has 1 N–H and O–H groups in total. The molecule has 0 radical (unpaired) electrons. The van der Waals surface area contributed by atoms with Crippen molar-refractivity contribution in [1.29, 1.82) is 0 Å². The van der Waals surface area contributed by atoms with E-state index in [1.807, 2.05) is 4.90 Å². The van der Waals surface area contributed by atoms with E-state index in [2.05, 4.69) is 5.32 Å². The maximum Gasteiger partial charge on any atom is 0.390 e. The molecule has 21 heavy (non-hydrogen) atoms. The normalized spacial score (nSPS) is 18.5. The number of rotatable bonds is 4. The molecular weight excluding hydrogens is 305 g/mol. The number of ether oxygens (including phenoxy) is 1. The van der Waals surface area contributed by atoms with E-state index in [1.165, 1.54) is 7.11 Å². The summed E-state index contributed by atoms with van der Waals surface area (Å²) in [6.07, 6.45) is -5.16. The number of piperazine rings is 1. The van der Waals surface area contributed by atoms with Crippen LogP contribution in [0.4, 0.5) is 13.2 Å². The van der Waals surface area contributed by atoms with Gasteiger partial charge in [-0.1, -0.05) is 11.6 Å². The lowest BCUT2D eigenvalue weighted by atomic mass is 9.99. The molecule has 1 atom stereocenters. The van der Waals surface area contributed by atoms with Crippen LogP contribution in [0.3, 0.4) is 0 Å². The van der Waals surface area contributed by atoms with Gasteiger partial charge >= 0.3 is 6.18 Å². The molecule has 0 unspecified atom stereocenters. The Morgan fingerprint density at radius 3 is 2.57 bits per heavy atom. The molecule has 1 fully saturated rings. The zero-order valence-corrected chi connectivity index (χ0v) is 12.5. The Hall–Kier alpha value is -0.980. The predicted molar refractivity (Wildman–Crippen MR) is 75.9 cm³/mol. The van der Waals surface area contributed by atoms with Gasteiger partial charge in [0, 0.05) is 42.8 Å². The summed E-state index contributed by atoms with van der Waals surface area (Å²) in [5.41, 5.74) is 0.490. The molecule has 0 saturated carbocycles. The van der Waals surface area contributed by atoms with Crippen molar-refractivity contribution in [3.63, 3.8) is 0 Å². The van der Waals surface area contributed by atoms with Crippen LogP contribution in [0.25, 0.3) is 0 Å². The third-order valence-corrected chi connectivity index (χ3v) is 3.80. The Bertz CT molecular complexity index is 476. The number of hydrogen-bond acceptors (Lipinski definition) is 3. The highest BCUT2D eigenvalue weighted by Crippen LogP contribution is 2.39. The number of benzene rings is 1. The zero-order chi connectivity index (χ0) is 15.5. The van der Waals surface area contributed by atoms with Crippen molar-refractivity contribution in [3.05, 3.63) is 28.8 Å². The van der Waals surface area contributed by atoms with Gasteiger partial charge < -0.3 is 10.1 Å². The summed E-state index contributed by atoms with van der Waals surface area (Å²) in [6.45, 7) is 2.49. The van der Waals surface area contributed by atoms with Crippen molar-refractivity contribution < 1.29 is 17.9 Å². The molecule has 118 valence electrons. The summed E-state index contributed by atoms with van der Waals surface area (Å²) < 4.78 is 44.1. The van der Waals surface area contributed by atoms with E-state index in [-0.39, 0.29) is 0 Å². The van der Waals surface area contributed by atoms with Gasteiger partial charge in [0.2, 0.25) is 0 Å². The molecule has 1 aromatic rings. The first-order valence-electron chi connectivity index (χ1n) is 6.75. The molecule has 0 bridgehead atoms. The van der Waals surface area contributed by atoms with Crippen molar-refractivity contribution in [2.45, 2.75) is 18.6 Å². The summed E-state index contributed by atoms with van der Waals surface area (Å²) in [7, 11) is 1.45. The van der Waals surface area contributed by atoms with E-state index in [0.29, 0.717) is 42.5 Å². The minimum absolute atomic E-state index is 0.410. The zero-order valence-electron chi connectivity index (χ0n) is 11.7. The molecule has 1 aliphatic heterocycles. The van der Waals surface area contributed by atoms with Crippen LogP contribution in [0, 0.1) is 0 Å². The minimum atomic E-state index is -4.25. The number of methoxy groups -OCH3 is 1. The lowest BCUT2D eigenvalue weighted by molar-refractivity contribution is -0.148. The van der Waals surface area contributed by atoms with Crippen molar-refractivity contribution in [1.82, 2.24) is 10.2 Å². The van der Waals surface area contributed by atoms with Gasteiger partial charge in [-0.05, 0) is 18.2 Å². The Morgan fingerprint density at radius 2 is 2.00 bits per heavy atom. The van der Waals surface area contributed by atoms with E-state index >= 15 is 0 Å². The fourth-order valence-corrected chi connectivity index (χ4v) is 2.79. The van der Waals surface area contributed by atoms with Crippen LogP contribution < -0.4 is 10.1 Å². The molecule has 1 aromatic carbocycles. The van der Waals surface area contributed by atoms with Gasteiger partial charge in [-0.2, -0.15) is 13.2 Å². The number of nitrogens with zero attached hydrogens (tertiary/aromatic N) is 1. The van der Waals surface area contributed by atoms with Crippen LogP contribution in [0.1, 0.15) is 18.0 Å². The quantitative estimate of drug-likeness (QED) is 0.921. The minimum Gasteiger partial charge on any atom is -0.496 e. The van der Waals surface area contributed by atoms with Crippen LogP contribution in [0.15, 0.2) is 18.2 Å². The van der Waals surface area contributed by atoms with Crippen LogP contribution >= 0.6 is 11.6 Å². The predicted octanol–water partition coefficient (Wildman–Crippen LogP) is 3.25. The van der Waals surface area contributed by atoms with Gasteiger partial charge in [-0.25, -0.2) is 0 Å². The molecule has 1 heterocycles. The smallest absolute Gasteiger partial charge is 0.390 e. The molecule has 0 spiro atoms. The van der Waals surface area contributed by atoms with Crippen LogP contribution in [-0.2, 0) is 0 Å². The Labute approximate surface area is 127 Å². The van der Waals surface area contributed by atoms with Crippen molar-refractivity contribution >= 4 is 11.6 Å². The summed E-state index contributed by atoms with van der Waals surface area (Å²) in [5.74, 6) is 0.437. The summed E-state index contributed by atoms with van der Waals surface area (Å²) in [4.78, 5) is 1.83. The van der Waals surface area contributed by atoms with Gasteiger partial charge in [0.1, 0.15) is 5.75 Å². The molecular formula is C14H18ClF3N2O. The Balaban J connectivity index is 2.35. The molecule has 0 aromatic heterocycles. The standard InChI is InChI=1S/C14H18ClF3N2O/c1-21-13-3-2-10(15)8-11(13)12(9-14(16,17)18)20-6-4-19-5-7-20/h2-3,8,12,19H,4-7,9H2,1H3/t12-/m0/s1. The maximum atomic E-state index is 13.0. The van der Waals surface area contributed by atoms with Gasteiger partial charge in [0.15, 0.2) is 0 Å². The van der Waals surface area contributed by atoms with Crippen molar-refractivity contribution in [3.8, 4) is 5.75 Å².